The molecule has 2 aromatic carbocycles. The molecule has 0 aliphatic carbocycles. The Morgan fingerprint density at radius 2 is 1.75 bits per heavy atom. The molecule has 0 aliphatic rings. The SMILES string of the molecule is CCC(O)(Cc1ccccc1)Cc1ccc(F)cc1C. The highest BCUT2D eigenvalue weighted by Crippen LogP contribution is 2.24. The summed E-state index contributed by atoms with van der Waals surface area (Å²) >= 11 is 0. The van der Waals surface area contributed by atoms with Gasteiger partial charge in [-0.05, 0) is 42.2 Å². The molecule has 0 fully saturated rings. The van der Waals surface area contributed by atoms with E-state index in [2.05, 4.69) is 0 Å². The van der Waals surface area contributed by atoms with E-state index >= 15 is 0 Å². The summed E-state index contributed by atoms with van der Waals surface area (Å²) in [5.74, 6) is -0.227. The topological polar surface area (TPSA) is 20.2 Å². The third kappa shape index (κ3) is 3.67. The maximum Gasteiger partial charge on any atom is 0.123 e. The minimum atomic E-state index is -0.788. The molecule has 0 aliphatic heterocycles. The van der Waals surface area contributed by atoms with E-state index in [1.165, 1.54) is 12.1 Å². The normalized spacial score (nSPS) is 14.0. The Kier molecular flexibility index (Phi) is 4.56. The van der Waals surface area contributed by atoms with Gasteiger partial charge in [0.15, 0.2) is 0 Å². The van der Waals surface area contributed by atoms with Crippen molar-refractivity contribution in [3.05, 3.63) is 71.0 Å². The van der Waals surface area contributed by atoms with Crippen molar-refractivity contribution in [2.45, 2.75) is 38.7 Å². The predicted octanol–water partition coefficient (Wildman–Crippen LogP) is 4.06. The van der Waals surface area contributed by atoms with Crippen LogP contribution >= 0.6 is 0 Å². The summed E-state index contributed by atoms with van der Waals surface area (Å²) in [6.45, 7) is 3.87. The second-order valence-electron chi connectivity index (χ2n) is 5.49. The lowest BCUT2D eigenvalue weighted by molar-refractivity contribution is 0.0367. The van der Waals surface area contributed by atoms with Crippen molar-refractivity contribution in [3.63, 3.8) is 0 Å². The van der Waals surface area contributed by atoms with Gasteiger partial charge in [0, 0.05) is 12.8 Å². The van der Waals surface area contributed by atoms with Crippen LogP contribution in [0.5, 0.6) is 0 Å². The molecule has 0 aromatic heterocycles. The Morgan fingerprint density at radius 1 is 1.05 bits per heavy atom. The average molecular weight is 272 g/mol. The molecule has 2 heteroatoms. The predicted molar refractivity (Wildman–Crippen MR) is 80.2 cm³/mol. The highest BCUT2D eigenvalue weighted by Gasteiger charge is 2.26. The zero-order chi connectivity index (χ0) is 14.6. The van der Waals surface area contributed by atoms with Crippen LogP contribution in [0.25, 0.3) is 0 Å². The van der Waals surface area contributed by atoms with E-state index in [9.17, 15) is 9.50 Å². The molecular formula is C18H21FO. The molecule has 0 amide bonds. The second kappa shape index (κ2) is 6.19. The van der Waals surface area contributed by atoms with Crippen LogP contribution in [0.3, 0.4) is 0 Å². The number of benzene rings is 2. The first-order valence-electron chi connectivity index (χ1n) is 7.04. The molecule has 0 radical (unpaired) electrons. The van der Waals surface area contributed by atoms with E-state index in [-0.39, 0.29) is 5.82 Å². The number of rotatable bonds is 5. The molecule has 2 aromatic rings. The van der Waals surface area contributed by atoms with Crippen LogP contribution in [0.1, 0.15) is 30.0 Å². The van der Waals surface area contributed by atoms with Gasteiger partial charge in [0.05, 0.1) is 5.60 Å². The van der Waals surface area contributed by atoms with Crippen LogP contribution in [0, 0.1) is 12.7 Å². The van der Waals surface area contributed by atoms with Crippen molar-refractivity contribution >= 4 is 0 Å². The van der Waals surface area contributed by atoms with E-state index in [1.807, 2.05) is 44.2 Å². The van der Waals surface area contributed by atoms with Crippen molar-refractivity contribution in [1.29, 1.82) is 0 Å². The third-order valence-electron chi connectivity index (χ3n) is 3.86. The minimum Gasteiger partial charge on any atom is -0.389 e. The zero-order valence-corrected chi connectivity index (χ0v) is 12.1. The van der Waals surface area contributed by atoms with Crippen molar-refractivity contribution < 1.29 is 9.50 Å². The van der Waals surface area contributed by atoms with Gasteiger partial charge in [0.1, 0.15) is 5.82 Å². The smallest absolute Gasteiger partial charge is 0.123 e. The Morgan fingerprint density at radius 3 is 2.35 bits per heavy atom. The molecule has 106 valence electrons. The summed E-state index contributed by atoms with van der Waals surface area (Å²) in [5.41, 5.74) is 2.23. The summed E-state index contributed by atoms with van der Waals surface area (Å²) in [6, 6.07) is 14.7. The van der Waals surface area contributed by atoms with Crippen molar-refractivity contribution in [1.82, 2.24) is 0 Å². The van der Waals surface area contributed by atoms with Gasteiger partial charge in [0.2, 0.25) is 0 Å². The molecule has 0 heterocycles. The quantitative estimate of drug-likeness (QED) is 0.870. The fourth-order valence-corrected chi connectivity index (χ4v) is 2.50. The zero-order valence-electron chi connectivity index (χ0n) is 12.1. The van der Waals surface area contributed by atoms with Crippen LogP contribution in [0.4, 0.5) is 4.39 Å². The summed E-state index contributed by atoms with van der Waals surface area (Å²) in [6.07, 6.45) is 1.82. The molecule has 1 nitrogen and oxygen atoms in total. The van der Waals surface area contributed by atoms with E-state index in [4.69, 9.17) is 0 Å². The summed E-state index contributed by atoms with van der Waals surface area (Å²) in [7, 11) is 0. The van der Waals surface area contributed by atoms with Crippen molar-refractivity contribution in [3.8, 4) is 0 Å². The van der Waals surface area contributed by atoms with Gasteiger partial charge < -0.3 is 5.11 Å². The third-order valence-corrected chi connectivity index (χ3v) is 3.86. The maximum atomic E-state index is 13.1. The first kappa shape index (κ1) is 14.7. The highest BCUT2D eigenvalue weighted by atomic mass is 19.1. The monoisotopic (exact) mass is 272 g/mol. The first-order valence-corrected chi connectivity index (χ1v) is 7.04. The second-order valence-corrected chi connectivity index (χ2v) is 5.49. The van der Waals surface area contributed by atoms with E-state index in [1.54, 1.807) is 6.07 Å². The fraction of sp³-hybridized carbons (Fsp3) is 0.333. The van der Waals surface area contributed by atoms with E-state index < -0.39 is 5.60 Å². The van der Waals surface area contributed by atoms with Crippen LogP contribution in [-0.4, -0.2) is 10.7 Å². The summed E-state index contributed by atoms with van der Waals surface area (Å²) in [4.78, 5) is 0. The van der Waals surface area contributed by atoms with Gasteiger partial charge in [0.25, 0.3) is 0 Å². The van der Waals surface area contributed by atoms with Gasteiger partial charge in [-0.1, -0.05) is 43.3 Å². The molecule has 1 N–H and O–H groups in total. The molecule has 0 saturated heterocycles. The molecule has 0 spiro atoms. The minimum absolute atomic E-state index is 0.227. The molecule has 1 atom stereocenters. The van der Waals surface area contributed by atoms with Gasteiger partial charge in [-0.3, -0.25) is 0 Å². The van der Waals surface area contributed by atoms with Crippen LogP contribution in [-0.2, 0) is 12.8 Å². The van der Waals surface area contributed by atoms with E-state index in [0.29, 0.717) is 19.3 Å². The summed E-state index contributed by atoms with van der Waals surface area (Å²) in [5, 5.41) is 10.8. The van der Waals surface area contributed by atoms with Gasteiger partial charge in [-0.2, -0.15) is 0 Å². The number of hydrogen-bond donors (Lipinski definition) is 1. The maximum absolute atomic E-state index is 13.1. The Balaban J connectivity index is 2.18. The average Bonchev–Trinajstić information content (AvgIpc) is 2.43. The molecule has 1 unspecified atom stereocenters. The molecule has 2 rings (SSSR count). The van der Waals surface area contributed by atoms with Gasteiger partial charge >= 0.3 is 0 Å². The lowest BCUT2D eigenvalue weighted by Gasteiger charge is -2.28. The van der Waals surface area contributed by atoms with Gasteiger partial charge in [-0.15, -0.1) is 0 Å². The Labute approximate surface area is 120 Å². The molecule has 20 heavy (non-hydrogen) atoms. The molecule has 0 saturated carbocycles. The lowest BCUT2D eigenvalue weighted by atomic mass is 9.85. The van der Waals surface area contributed by atoms with Crippen molar-refractivity contribution in [2.75, 3.05) is 0 Å². The van der Waals surface area contributed by atoms with Crippen LogP contribution in [0.2, 0.25) is 0 Å². The Hall–Kier alpha value is -1.67. The van der Waals surface area contributed by atoms with Crippen LogP contribution in [0.15, 0.2) is 48.5 Å². The van der Waals surface area contributed by atoms with E-state index in [0.717, 1.165) is 16.7 Å². The Bertz CT molecular complexity index is 565. The number of aliphatic hydroxyl groups is 1. The number of aryl methyl sites for hydroxylation is 1. The highest BCUT2D eigenvalue weighted by molar-refractivity contribution is 5.29. The lowest BCUT2D eigenvalue weighted by Crippen LogP contribution is -2.33. The largest absolute Gasteiger partial charge is 0.389 e. The van der Waals surface area contributed by atoms with Crippen LogP contribution < -0.4 is 0 Å². The standard InChI is InChI=1S/C18H21FO/c1-3-18(20,12-15-7-5-4-6-8-15)13-16-9-10-17(19)11-14(16)2/h4-11,20H,3,12-13H2,1-2H3. The fourth-order valence-electron chi connectivity index (χ4n) is 2.50. The molecule has 0 bridgehead atoms. The first-order chi connectivity index (χ1) is 9.52. The van der Waals surface area contributed by atoms with Gasteiger partial charge in [-0.25, -0.2) is 4.39 Å². The number of halogens is 1. The van der Waals surface area contributed by atoms with Crippen molar-refractivity contribution in [2.24, 2.45) is 0 Å². The number of hydrogen-bond acceptors (Lipinski definition) is 1. The summed E-state index contributed by atoms with van der Waals surface area (Å²) < 4.78 is 13.1. The molecular weight excluding hydrogens is 251 g/mol.